The first-order valence-corrected chi connectivity index (χ1v) is 9.15. The normalized spacial score (nSPS) is 14.0. The Morgan fingerprint density at radius 3 is 2.52 bits per heavy atom. The molecule has 0 fully saturated rings. The van der Waals surface area contributed by atoms with Crippen LogP contribution >= 0.6 is 0 Å². The van der Waals surface area contributed by atoms with Crippen molar-refractivity contribution in [3.63, 3.8) is 0 Å². The molecule has 0 radical (unpaired) electrons. The average molecular weight is 354 g/mol. The third-order valence-corrected chi connectivity index (χ3v) is 3.87. The van der Waals surface area contributed by atoms with Crippen LogP contribution in [0, 0.1) is 5.41 Å². The highest BCUT2D eigenvalue weighted by molar-refractivity contribution is 5.79. The summed E-state index contributed by atoms with van der Waals surface area (Å²) in [6, 6.07) is 0. The van der Waals surface area contributed by atoms with E-state index in [1.807, 2.05) is 0 Å². The summed E-state index contributed by atoms with van der Waals surface area (Å²) in [6.07, 6.45) is 1.74. The maximum absolute atomic E-state index is 5.56. The molecule has 0 aliphatic carbocycles. The molecule has 2 N–H and O–H groups in total. The van der Waals surface area contributed by atoms with Gasteiger partial charge >= 0.3 is 0 Å². The Morgan fingerprint density at radius 2 is 2.00 bits per heavy atom. The monoisotopic (exact) mass is 353 g/mol. The topological polar surface area (TPSA) is 84.6 Å². The molecule has 0 bridgehead atoms. The first kappa shape index (κ1) is 21.4. The number of nitrogens with one attached hydrogen (secondary N) is 2. The largest absolute Gasteiger partial charge is 0.379 e. The molecule has 144 valence electrons. The second kappa shape index (κ2) is 10.4. The van der Waals surface area contributed by atoms with Gasteiger partial charge in [-0.2, -0.15) is 4.98 Å². The molecule has 0 aromatic carbocycles. The van der Waals surface area contributed by atoms with Crippen molar-refractivity contribution in [2.24, 2.45) is 10.4 Å². The molecule has 0 amide bonds. The van der Waals surface area contributed by atoms with Crippen molar-refractivity contribution in [3.8, 4) is 0 Å². The average Bonchev–Trinajstić information content (AvgIpc) is 2.99. The Hall–Kier alpha value is -1.63. The van der Waals surface area contributed by atoms with Gasteiger partial charge in [-0.1, -0.05) is 39.8 Å². The van der Waals surface area contributed by atoms with Gasteiger partial charge in [-0.15, -0.1) is 0 Å². The third kappa shape index (κ3) is 7.86. The molecule has 1 atom stereocenters. The van der Waals surface area contributed by atoms with Crippen molar-refractivity contribution in [1.29, 1.82) is 0 Å². The van der Waals surface area contributed by atoms with E-state index in [9.17, 15) is 0 Å². The lowest BCUT2D eigenvalue weighted by Crippen LogP contribution is -2.39. The molecule has 0 saturated carbocycles. The number of ether oxygens (including phenoxy) is 1. The summed E-state index contributed by atoms with van der Waals surface area (Å²) in [5.74, 6) is 2.56. The van der Waals surface area contributed by atoms with E-state index >= 15 is 0 Å². The SMILES string of the molecule is CCNC(=NCC(OC)C(C)(C)C)NCCCc1nc(C(C)C)no1. The van der Waals surface area contributed by atoms with Crippen molar-refractivity contribution in [1.82, 2.24) is 20.8 Å². The van der Waals surface area contributed by atoms with Crippen LogP contribution in [0.3, 0.4) is 0 Å². The fourth-order valence-corrected chi connectivity index (χ4v) is 2.27. The van der Waals surface area contributed by atoms with E-state index in [-0.39, 0.29) is 11.5 Å². The quantitative estimate of drug-likeness (QED) is 0.403. The van der Waals surface area contributed by atoms with Gasteiger partial charge in [-0.05, 0) is 18.8 Å². The number of hydrogen-bond donors (Lipinski definition) is 2. The van der Waals surface area contributed by atoms with E-state index in [4.69, 9.17) is 9.26 Å². The first-order valence-electron chi connectivity index (χ1n) is 9.15. The van der Waals surface area contributed by atoms with Crippen molar-refractivity contribution in [3.05, 3.63) is 11.7 Å². The maximum atomic E-state index is 5.56. The van der Waals surface area contributed by atoms with Gasteiger partial charge in [0.1, 0.15) is 0 Å². The van der Waals surface area contributed by atoms with E-state index in [1.165, 1.54) is 0 Å². The van der Waals surface area contributed by atoms with Crippen LogP contribution in [-0.4, -0.2) is 48.9 Å². The number of aliphatic imine (C=N–C) groups is 1. The van der Waals surface area contributed by atoms with E-state index in [2.05, 4.69) is 67.3 Å². The van der Waals surface area contributed by atoms with Crippen LogP contribution in [0.25, 0.3) is 0 Å². The minimum atomic E-state index is 0.0572. The molecule has 7 nitrogen and oxygen atoms in total. The number of hydrogen-bond acceptors (Lipinski definition) is 5. The van der Waals surface area contributed by atoms with Crippen molar-refractivity contribution < 1.29 is 9.26 Å². The number of rotatable bonds is 9. The molecule has 1 aromatic rings. The van der Waals surface area contributed by atoms with Crippen LogP contribution < -0.4 is 10.6 Å². The highest BCUT2D eigenvalue weighted by atomic mass is 16.5. The lowest BCUT2D eigenvalue weighted by atomic mass is 9.89. The van der Waals surface area contributed by atoms with E-state index in [1.54, 1.807) is 7.11 Å². The third-order valence-electron chi connectivity index (χ3n) is 3.87. The Labute approximate surface area is 152 Å². The molecule has 1 unspecified atom stereocenters. The smallest absolute Gasteiger partial charge is 0.226 e. The zero-order chi connectivity index (χ0) is 18.9. The lowest BCUT2D eigenvalue weighted by Gasteiger charge is -2.28. The number of aryl methyl sites for hydroxylation is 1. The van der Waals surface area contributed by atoms with Crippen LogP contribution in [0.15, 0.2) is 9.52 Å². The number of guanidine groups is 1. The number of methoxy groups -OCH3 is 1. The molecule has 1 aromatic heterocycles. The zero-order valence-electron chi connectivity index (χ0n) is 16.8. The summed E-state index contributed by atoms with van der Waals surface area (Å²) < 4.78 is 10.8. The van der Waals surface area contributed by atoms with Crippen LogP contribution in [0.1, 0.15) is 65.6 Å². The summed E-state index contributed by atoms with van der Waals surface area (Å²) in [5, 5.41) is 10.6. The minimum Gasteiger partial charge on any atom is -0.379 e. The summed E-state index contributed by atoms with van der Waals surface area (Å²) >= 11 is 0. The molecule has 0 aliphatic heterocycles. The second-order valence-corrected chi connectivity index (χ2v) is 7.54. The molecular weight excluding hydrogens is 318 g/mol. The molecule has 0 saturated heterocycles. The van der Waals surface area contributed by atoms with Gasteiger partial charge in [-0.25, -0.2) is 0 Å². The zero-order valence-corrected chi connectivity index (χ0v) is 16.8. The summed E-state index contributed by atoms with van der Waals surface area (Å²) in [6.45, 7) is 14.9. The van der Waals surface area contributed by atoms with Gasteiger partial charge in [0.15, 0.2) is 11.8 Å². The summed E-state index contributed by atoms with van der Waals surface area (Å²) in [5.41, 5.74) is 0.0572. The van der Waals surface area contributed by atoms with Gasteiger partial charge in [-0.3, -0.25) is 4.99 Å². The number of aromatic nitrogens is 2. The van der Waals surface area contributed by atoms with Crippen LogP contribution in [-0.2, 0) is 11.2 Å². The summed E-state index contributed by atoms with van der Waals surface area (Å²) in [7, 11) is 1.74. The molecule has 1 rings (SSSR count). The molecule has 25 heavy (non-hydrogen) atoms. The fourth-order valence-electron chi connectivity index (χ4n) is 2.27. The van der Waals surface area contributed by atoms with E-state index in [0.29, 0.717) is 18.4 Å². The second-order valence-electron chi connectivity index (χ2n) is 7.54. The minimum absolute atomic E-state index is 0.0572. The molecule has 0 aliphatic rings. The molecule has 7 heteroatoms. The molecular formula is C18H35N5O2. The Morgan fingerprint density at radius 1 is 1.28 bits per heavy atom. The van der Waals surface area contributed by atoms with Crippen molar-refractivity contribution in [2.75, 3.05) is 26.7 Å². The van der Waals surface area contributed by atoms with E-state index in [0.717, 1.165) is 37.7 Å². The standard InChI is InChI=1S/C18H35N5O2/c1-8-19-17(21-12-14(24-7)18(4,5)6)20-11-9-10-15-22-16(13(2)3)23-25-15/h13-14H,8-12H2,1-7H3,(H2,19,20,21). The molecule has 0 spiro atoms. The van der Waals surface area contributed by atoms with E-state index < -0.39 is 0 Å². The Balaban J connectivity index is 2.45. The predicted octanol–water partition coefficient (Wildman–Crippen LogP) is 2.74. The number of nitrogens with zero attached hydrogens (tertiary/aromatic N) is 3. The van der Waals surface area contributed by atoms with Gasteiger partial charge in [0.2, 0.25) is 5.89 Å². The fraction of sp³-hybridized carbons (Fsp3) is 0.833. The first-order chi connectivity index (χ1) is 11.8. The van der Waals surface area contributed by atoms with Crippen molar-refractivity contribution >= 4 is 5.96 Å². The van der Waals surface area contributed by atoms with Gasteiger partial charge in [0.25, 0.3) is 0 Å². The highest BCUT2D eigenvalue weighted by Gasteiger charge is 2.24. The summed E-state index contributed by atoms with van der Waals surface area (Å²) in [4.78, 5) is 9.03. The Bertz CT molecular complexity index is 520. The Kier molecular flexibility index (Phi) is 8.89. The van der Waals surface area contributed by atoms with Crippen molar-refractivity contribution in [2.45, 2.75) is 66.4 Å². The van der Waals surface area contributed by atoms with Crippen LogP contribution in [0.2, 0.25) is 0 Å². The predicted molar refractivity (Wildman–Crippen MR) is 101 cm³/mol. The van der Waals surface area contributed by atoms with Gasteiger partial charge < -0.3 is 19.9 Å². The molecule has 1 heterocycles. The van der Waals surface area contributed by atoms with Gasteiger partial charge in [0, 0.05) is 32.5 Å². The maximum Gasteiger partial charge on any atom is 0.226 e. The van der Waals surface area contributed by atoms with Crippen LogP contribution in [0.4, 0.5) is 0 Å². The highest BCUT2D eigenvalue weighted by Crippen LogP contribution is 2.21. The van der Waals surface area contributed by atoms with Gasteiger partial charge in [0.05, 0.1) is 12.6 Å². The van der Waals surface area contributed by atoms with Crippen LogP contribution in [0.5, 0.6) is 0 Å². The lowest BCUT2D eigenvalue weighted by molar-refractivity contribution is 0.0241.